The van der Waals surface area contributed by atoms with Gasteiger partial charge in [0.25, 0.3) is 0 Å². The van der Waals surface area contributed by atoms with E-state index >= 15 is 0 Å². The van der Waals surface area contributed by atoms with E-state index in [1.54, 1.807) is 0 Å². The minimum atomic E-state index is 0.870. The van der Waals surface area contributed by atoms with Gasteiger partial charge in [-0.05, 0) is 44.4 Å². The highest BCUT2D eigenvalue weighted by Crippen LogP contribution is 2.44. The van der Waals surface area contributed by atoms with Crippen LogP contribution in [0.1, 0.15) is 26.7 Å². The first-order valence-electron chi connectivity index (χ1n) is 4.59. The Morgan fingerprint density at radius 3 is 2.55 bits per heavy atom. The van der Waals surface area contributed by atoms with Crippen LogP contribution in [0, 0.1) is 17.8 Å². The average molecular weight is 148 g/mol. The number of fused-ring (bicyclic) bond motifs is 2. The third-order valence-electron chi connectivity index (χ3n) is 2.88. The van der Waals surface area contributed by atoms with Gasteiger partial charge >= 0.3 is 0 Å². The maximum absolute atomic E-state index is 2.45. The summed E-state index contributed by atoms with van der Waals surface area (Å²) in [6.45, 7) is 4.41. The molecule has 0 heterocycles. The van der Waals surface area contributed by atoms with Crippen LogP contribution >= 0.6 is 0 Å². The lowest BCUT2D eigenvalue weighted by Gasteiger charge is -2.13. The Bertz CT molecular complexity index is 206. The Labute approximate surface area is 69.0 Å². The lowest BCUT2D eigenvalue weighted by molar-refractivity contribution is 0.547. The molecule has 0 radical (unpaired) electrons. The van der Waals surface area contributed by atoms with Gasteiger partial charge in [-0.25, -0.2) is 0 Å². The standard InChI is InChI=1S/C11H16/c1-8(2)5-11-7-9-3-4-10(11)6-9/h3-5,9-11H,6-7H2,1-2H3. The van der Waals surface area contributed by atoms with Crippen molar-refractivity contribution in [2.75, 3.05) is 0 Å². The van der Waals surface area contributed by atoms with E-state index in [0.717, 1.165) is 17.8 Å². The fourth-order valence-electron chi connectivity index (χ4n) is 2.44. The van der Waals surface area contributed by atoms with Gasteiger partial charge in [-0.1, -0.05) is 23.8 Å². The van der Waals surface area contributed by atoms with Crippen LogP contribution in [-0.4, -0.2) is 0 Å². The van der Waals surface area contributed by atoms with Crippen LogP contribution in [0.4, 0.5) is 0 Å². The van der Waals surface area contributed by atoms with Crippen LogP contribution in [0.15, 0.2) is 23.8 Å². The molecule has 0 aliphatic heterocycles. The predicted molar refractivity (Wildman–Crippen MR) is 48.3 cm³/mol. The highest BCUT2D eigenvalue weighted by molar-refractivity contribution is 5.15. The second kappa shape index (κ2) is 2.51. The second-order valence-corrected chi connectivity index (χ2v) is 4.19. The van der Waals surface area contributed by atoms with Crippen molar-refractivity contribution in [3.63, 3.8) is 0 Å². The summed E-state index contributed by atoms with van der Waals surface area (Å²) >= 11 is 0. The average Bonchev–Trinajstić information content (AvgIpc) is 2.45. The molecule has 60 valence electrons. The Morgan fingerprint density at radius 2 is 2.09 bits per heavy atom. The van der Waals surface area contributed by atoms with Crippen molar-refractivity contribution >= 4 is 0 Å². The largest absolute Gasteiger partial charge is 0.0851 e. The molecular formula is C11H16. The summed E-state index contributed by atoms with van der Waals surface area (Å²) in [5.41, 5.74) is 1.48. The first-order chi connectivity index (χ1) is 5.25. The van der Waals surface area contributed by atoms with Crippen molar-refractivity contribution in [3.8, 4) is 0 Å². The van der Waals surface area contributed by atoms with Crippen LogP contribution in [-0.2, 0) is 0 Å². The highest BCUT2D eigenvalue weighted by Gasteiger charge is 2.33. The normalized spacial score (nSPS) is 39.6. The summed E-state index contributed by atoms with van der Waals surface area (Å²) in [4.78, 5) is 0. The van der Waals surface area contributed by atoms with Gasteiger partial charge < -0.3 is 0 Å². The molecule has 3 atom stereocenters. The van der Waals surface area contributed by atoms with E-state index in [2.05, 4.69) is 32.1 Å². The van der Waals surface area contributed by atoms with Gasteiger partial charge in [-0.3, -0.25) is 0 Å². The predicted octanol–water partition coefficient (Wildman–Crippen LogP) is 3.16. The van der Waals surface area contributed by atoms with Crippen molar-refractivity contribution in [1.29, 1.82) is 0 Å². The molecule has 11 heavy (non-hydrogen) atoms. The molecule has 0 aromatic carbocycles. The van der Waals surface area contributed by atoms with E-state index in [0.29, 0.717) is 0 Å². The summed E-state index contributed by atoms with van der Waals surface area (Å²) in [5.74, 6) is 2.67. The number of allylic oxidation sites excluding steroid dienone is 4. The molecule has 2 aliphatic carbocycles. The van der Waals surface area contributed by atoms with E-state index in [1.165, 1.54) is 18.4 Å². The SMILES string of the molecule is CC(C)=CC1CC2C=CC1C2. The summed E-state index contributed by atoms with van der Waals surface area (Å²) in [6, 6.07) is 0. The van der Waals surface area contributed by atoms with Gasteiger partial charge in [0.05, 0.1) is 0 Å². The van der Waals surface area contributed by atoms with Crippen molar-refractivity contribution in [2.24, 2.45) is 17.8 Å². The Kier molecular flexibility index (Phi) is 1.63. The summed E-state index contributed by atoms with van der Waals surface area (Å²) in [7, 11) is 0. The van der Waals surface area contributed by atoms with E-state index in [4.69, 9.17) is 0 Å². The van der Waals surface area contributed by atoms with E-state index < -0.39 is 0 Å². The van der Waals surface area contributed by atoms with Crippen molar-refractivity contribution in [2.45, 2.75) is 26.7 Å². The fraction of sp³-hybridized carbons (Fsp3) is 0.636. The van der Waals surface area contributed by atoms with Gasteiger partial charge in [-0.2, -0.15) is 0 Å². The maximum Gasteiger partial charge on any atom is -0.0162 e. The molecule has 0 nitrogen and oxygen atoms in total. The third-order valence-corrected chi connectivity index (χ3v) is 2.88. The molecule has 3 unspecified atom stereocenters. The first kappa shape index (κ1) is 7.15. The smallest absolute Gasteiger partial charge is 0.0162 e. The molecule has 2 bridgehead atoms. The van der Waals surface area contributed by atoms with Gasteiger partial charge in [-0.15, -0.1) is 0 Å². The van der Waals surface area contributed by atoms with Crippen LogP contribution in [0.2, 0.25) is 0 Å². The number of hydrogen-bond acceptors (Lipinski definition) is 0. The lowest BCUT2D eigenvalue weighted by atomic mass is 9.92. The molecule has 0 spiro atoms. The summed E-state index contributed by atoms with van der Waals surface area (Å²) < 4.78 is 0. The van der Waals surface area contributed by atoms with Gasteiger partial charge in [0, 0.05) is 0 Å². The number of hydrogen-bond donors (Lipinski definition) is 0. The zero-order valence-electron chi connectivity index (χ0n) is 7.38. The molecule has 2 aliphatic rings. The van der Waals surface area contributed by atoms with Crippen LogP contribution in [0.5, 0.6) is 0 Å². The second-order valence-electron chi connectivity index (χ2n) is 4.19. The van der Waals surface area contributed by atoms with E-state index in [-0.39, 0.29) is 0 Å². The molecule has 0 N–H and O–H groups in total. The van der Waals surface area contributed by atoms with Crippen LogP contribution in [0.3, 0.4) is 0 Å². The Morgan fingerprint density at radius 1 is 1.27 bits per heavy atom. The van der Waals surface area contributed by atoms with Crippen molar-refractivity contribution in [1.82, 2.24) is 0 Å². The van der Waals surface area contributed by atoms with E-state index in [9.17, 15) is 0 Å². The van der Waals surface area contributed by atoms with Gasteiger partial charge in [0.2, 0.25) is 0 Å². The molecular weight excluding hydrogens is 132 g/mol. The summed E-state index contributed by atoms with van der Waals surface area (Å²) in [6.07, 6.45) is 10.1. The quantitative estimate of drug-likeness (QED) is 0.501. The Balaban J connectivity index is 2.09. The van der Waals surface area contributed by atoms with Crippen molar-refractivity contribution in [3.05, 3.63) is 23.8 Å². The molecule has 0 amide bonds. The van der Waals surface area contributed by atoms with Crippen LogP contribution < -0.4 is 0 Å². The highest BCUT2D eigenvalue weighted by atomic mass is 14.4. The lowest BCUT2D eigenvalue weighted by Crippen LogP contribution is -2.03. The van der Waals surface area contributed by atoms with Gasteiger partial charge in [0.1, 0.15) is 0 Å². The molecule has 0 aromatic rings. The molecule has 0 saturated heterocycles. The molecule has 0 heteroatoms. The number of rotatable bonds is 1. The fourth-order valence-corrected chi connectivity index (χ4v) is 2.44. The van der Waals surface area contributed by atoms with Crippen molar-refractivity contribution < 1.29 is 0 Å². The van der Waals surface area contributed by atoms with Crippen LogP contribution in [0.25, 0.3) is 0 Å². The molecule has 2 rings (SSSR count). The monoisotopic (exact) mass is 148 g/mol. The molecule has 1 saturated carbocycles. The minimum Gasteiger partial charge on any atom is -0.0851 e. The summed E-state index contributed by atoms with van der Waals surface area (Å²) in [5, 5.41) is 0. The first-order valence-corrected chi connectivity index (χ1v) is 4.59. The zero-order valence-corrected chi connectivity index (χ0v) is 7.38. The maximum atomic E-state index is 2.45. The molecule has 1 fully saturated rings. The molecule has 0 aromatic heterocycles. The zero-order chi connectivity index (χ0) is 7.84. The van der Waals surface area contributed by atoms with E-state index in [1.807, 2.05) is 0 Å². The third kappa shape index (κ3) is 1.26. The Hall–Kier alpha value is -0.520. The minimum absolute atomic E-state index is 0.870. The van der Waals surface area contributed by atoms with Gasteiger partial charge in [0.15, 0.2) is 0 Å². The topological polar surface area (TPSA) is 0 Å².